The molecule has 0 fully saturated rings. The van der Waals surface area contributed by atoms with Gasteiger partial charge in [-0.2, -0.15) is 26.3 Å². The second-order valence-corrected chi connectivity index (χ2v) is 6.46. The molecule has 0 saturated carbocycles. The topological polar surface area (TPSA) is 74.2 Å². The molecule has 1 atom stereocenters. The minimum atomic E-state index is -4.94. The van der Waals surface area contributed by atoms with E-state index in [0.29, 0.717) is 6.20 Å². The zero-order valence-corrected chi connectivity index (χ0v) is 15.5. The summed E-state index contributed by atoms with van der Waals surface area (Å²) in [6.45, 7) is -0.246. The summed E-state index contributed by atoms with van der Waals surface area (Å²) in [7, 11) is 0. The highest BCUT2D eigenvalue weighted by Crippen LogP contribution is 2.38. The summed E-state index contributed by atoms with van der Waals surface area (Å²) in [5.41, 5.74) is -1.67. The van der Waals surface area contributed by atoms with Crippen LogP contribution in [0.1, 0.15) is 22.9 Å². The Bertz CT molecular complexity index is 865. The van der Waals surface area contributed by atoms with Crippen molar-refractivity contribution in [1.29, 1.82) is 0 Å². The van der Waals surface area contributed by atoms with Crippen LogP contribution in [0.5, 0.6) is 0 Å². The number of anilines is 1. The van der Waals surface area contributed by atoms with Crippen LogP contribution in [0, 0.1) is 0 Å². The summed E-state index contributed by atoms with van der Waals surface area (Å²) in [6.07, 6.45) is -11.7. The maximum absolute atomic E-state index is 12.6. The predicted molar refractivity (Wildman–Crippen MR) is 92.6 cm³/mol. The van der Waals surface area contributed by atoms with Crippen LogP contribution in [0.15, 0.2) is 30.5 Å². The van der Waals surface area contributed by atoms with Crippen LogP contribution in [0.3, 0.4) is 0 Å². The second kappa shape index (κ2) is 8.64. The molecule has 13 heteroatoms. The Morgan fingerprint density at radius 1 is 1.10 bits per heavy atom. The lowest BCUT2D eigenvalue weighted by atomic mass is 10.1. The zero-order valence-electron chi connectivity index (χ0n) is 14.0. The normalized spacial score (nSPS) is 13.1. The molecule has 1 aromatic carbocycles. The number of aromatic nitrogens is 1. The van der Waals surface area contributed by atoms with Gasteiger partial charge in [0, 0.05) is 6.20 Å². The van der Waals surface area contributed by atoms with Gasteiger partial charge in [-0.25, -0.2) is 4.79 Å². The van der Waals surface area contributed by atoms with Crippen molar-refractivity contribution < 1.29 is 36.2 Å². The number of aliphatic hydroxyl groups is 1. The van der Waals surface area contributed by atoms with Crippen LogP contribution < -0.4 is 10.6 Å². The highest BCUT2D eigenvalue weighted by Gasteiger charge is 2.40. The van der Waals surface area contributed by atoms with E-state index >= 15 is 0 Å². The van der Waals surface area contributed by atoms with Gasteiger partial charge in [-0.05, 0) is 29.8 Å². The molecule has 0 bridgehead atoms. The average Bonchev–Trinajstić information content (AvgIpc) is 2.61. The summed E-state index contributed by atoms with van der Waals surface area (Å²) in [5.74, 6) is 0. The van der Waals surface area contributed by atoms with Crippen LogP contribution >= 0.6 is 23.2 Å². The fourth-order valence-electron chi connectivity index (χ4n) is 2.08. The highest BCUT2D eigenvalue weighted by atomic mass is 35.5. The van der Waals surface area contributed by atoms with Crippen LogP contribution in [-0.4, -0.2) is 22.3 Å². The van der Waals surface area contributed by atoms with E-state index in [1.807, 2.05) is 0 Å². The molecule has 0 spiro atoms. The van der Waals surface area contributed by atoms with Crippen LogP contribution in [0.25, 0.3) is 0 Å². The van der Waals surface area contributed by atoms with Crippen molar-refractivity contribution in [2.45, 2.75) is 25.0 Å². The minimum Gasteiger partial charge on any atom is -0.379 e. The van der Waals surface area contributed by atoms with Gasteiger partial charge in [-0.3, -0.25) is 4.98 Å². The largest absolute Gasteiger partial charge is 0.418 e. The van der Waals surface area contributed by atoms with Gasteiger partial charge < -0.3 is 15.7 Å². The Balaban J connectivity index is 2.04. The summed E-state index contributed by atoms with van der Waals surface area (Å²) < 4.78 is 75.1. The number of carbonyl (C=O) groups is 1. The monoisotopic (exact) mass is 461 g/mol. The third kappa shape index (κ3) is 6.12. The minimum absolute atomic E-state index is 0.119. The zero-order chi connectivity index (χ0) is 22.0. The number of pyridine rings is 1. The number of hydrogen-bond acceptors (Lipinski definition) is 3. The molecular weight excluding hydrogens is 451 g/mol. The molecule has 5 nitrogen and oxygen atoms in total. The SMILES string of the molecule is O=C(NCc1ccc(C(F)(F)F)cn1)Nc1c(Cl)cc([C@H](O)C(F)(F)F)cc1Cl. The van der Waals surface area contributed by atoms with E-state index in [4.69, 9.17) is 23.2 Å². The molecular formula is C16H11Cl2F6N3O2. The van der Waals surface area contributed by atoms with Crippen molar-refractivity contribution in [2.75, 3.05) is 5.32 Å². The Hall–Kier alpha value is -2.24. The van der Waals surface area contributed by atoms with Gasteiger partial charge >= 0.3 is 18.4 Å². The van der Waals surface area contributed by atoms with Gasteiger partial charge in [0.2, 0.25) is 0 Å². The first-order valence-corrected chi connectivity index (χ1v) is 8.35. The fraction of sp³-hybridized carbons (Fsp3) is 0.250. The van der Waals surface area contributed by atoms with Crippen molar-refractivity contribution in [3.63, 3.8) is 0 Å². The first-order chi connectivity index (χ1) is 13.3. The molecule has 1 heterocycles. The fourth-order valence-corrected chi connectivity index (χ4v) is 2.68. The molecule has 3 N–H and O–H groups in total. The van der Waals surface area contributed by atoms with Crippen molar-refractivity contribution in [1.82, 2.24) is 10.3 Å². The maximum atomic E-state index is 12.6. The lowest BCUT2D eigenvalue weighted by Crippen LogP contribution is -2.29. The van der Waals surface area contributed by atoms with E-state index in [1.165, 1.54) is 0 Å². The number of nitrogens with one attached hydrogen (secondary N) is 2. The number of rotatable bonds is 4. The Labute approximate surface area is 169 Å². The van der Waals surface area contributed by atoms with Crippen LogP contribution in [0.2, 0.25) is 10.0 Å². The number of urea groups is 1. The first kappa shape index (κ1) is 23.0. The molecule has 29 heavy (non-hydrogen) atoms. The Kier molecular flexibility index (Phi) is 6.86. The molecule has 2 aromatic rings. The second-order valence-electron chi connectivity index (χ2n) is 5.65. The van der Waals surface area contributed by atoms with Crippen molar-refractivity contribution in [3.8, 4) is 0 Å². The quantitative estimate of drug-likeness (QED) is 0.539. The number of carbonyl (C=O) groups excluding carboxylic acids is 1. The van der Waals surface area contributed by atoms with Gasteiger partial charge in [0.1, 0.15) is 0 Å². The van der Waals surface area contributed by atoms with Crippen molar-refractivity contribution in [3.05, 3.63) is 57.3 Å². The Morgan fingerprint density at radius 3 is 2.14 bits per heavy atom. The summed E-state index contributed by atoms with van der Waals surface area (Å²) in [6, 6.07) is 2.55. The molecule has 2 rings (SSSR count). The molecule has 1 aromatic heterocycles. The number of halogens is 8. The van der Waals surface area contributed by atoms with E-state index in [2.05, 4.69) is 15.6 Å². The van der Waals surface area contributed by atoms with Crippen molar-refractivity contribution >= 4 is 34.9 Å². The molecule has 2 amide bonds. The predicted octanol–water partition coefficient (Wildman–Crippen LogP) is 5.32. The number of aliphatic hydroxyl groups excluding tert-OH is 1. The van der Waals surface area contributed by atoms with E-state index in [1.54, 1.807) is 0 Å². The molecule has 0 aliphatic rings. The molecule has 0 radical (unpaired) electrons. The van der Waals surface area contributed by atoms with Crippen LogP contribution in [0.4, 0.5) is 36.8 Å². The molecule has 0 aliphatic heterocycles. The van der Waals surface area contributed by atoms with Crippen molar-refractivity contribution in [2.24, 2.45) is 0 Å². The summed E-state index contributed by atoms with van der Waals surface area (Å²) >= 11 is 11.7. The number of amides is 2. The van der Waals surface area contributed by atoms with Gasteiger partial charge in [0.05, 0.1) is 33.5 Å². The van der Waals surface area contributed by atoms with E-state index in [-0.39, 0.29) is 28.0 Å². The Morgan fingerprint density at radius 2 is 1.69 bits per heavy atom. The summed E-state index contributed by atoms with van der Waals surface area (Å²) in [4.78, 5) is 15.5. The number of benzene rings is 1. The highest BCUT2D eigenvalue weighted by molar-refractivity contribution is 6.39. The molecule has 0 aliphatic carbocycles. The lowest BCUT2D eigenvalue weighted by molar-refractivity contribution is -0.206. The third-order valence-electron chi connectivity index (χ3n) is 3.51. The molecule has 158 valence electrons. The number of nitrogens with zero attached hydrogens (tertiary/aromatic N) is 1. The third-order valence-corrected chi connectivity index (χ3v) is 4.11. The van der Waals surface area contributed by atoms with Gasteiger partial charge in [0.15, 0.2) is 6.10 Å². The number of alkyl halides is 6. The first-order valence-electron chi connectivity index (χ1n) is 7.59. The average molecular weight is 462 g/mol. The molecule has 0 saturated heterocycles. The van der Waals surface area contributed by atoms with E-state index in [0.717, 1.165) is 24.3 Å². The van der Waals surface area contributed by atoms with Gasteiger partial charge in [-0.15, -0.1) is 0 Å². The van der Waals surface area contributed by atoms with Crippen LogP contribution in [-0.2, 0) is 12.7 Å². The smallest absolute Gasteiger partial charge is 0.379 e. The summed E-state index contributed by atoms with van der Waals surface area (Å²) in [5, 5.41) is 13.0. The van der Waals surface area contributed by atoms with E-state index in [9.17, 15) is 36.2 Å². The van der Waals surface area contributed by atoms with E-state index < -0.39 is 35.6 Å². The lowest BCUT2D eigenvalue weighted by Gasteiger charge is -2.17. The number of hydrogen-bond donors (Lipinski definition) is 3. The maximum Gasteiger partial charge on any atom is 0.418 e. The van der Waals surface area contributed by atoms with Gasteiger partial charge in [0.25, 0.3) is 0 Å². The molecule has 0 unspecified atom stereocenters. The van der Waals surface area contributed by atoms with Gasteiger partial charge in [-0.1, -0.05) is 23.2 Å². The standard InChI is InChI=1S/C16H11Cl2F6N3O2/c17-10-3-7(13(28)16(22,23)24)4-11(18)12(10)27-14(29)26-6-9-2-1-8(5-25-9)15(19,20)21/h1-5,13,28H,6H2,(H2,26,27,29)/t13-/m0/s1.